The van der Waals surface area contributed by atoms with E-state index in [4.69, 9.17) is 0 Å². The van der Waals surface area contributed by atoms with Crippen molar-refractivity contribution in [1.82, 2.24) is 19.9 Å². The molecule has 4 rings (SSSR count). The molecule has 0 saturated carbocycles. The van der Waals surface area contributed by atoms with Gasteiger partial charge in [0.05, 0.1) is 28.6 Å². The van der Waals surface area contributed by atoms with Crippen LogP contribution >= 0.6 is 0 Å². The summed E-state index contributed by atoms with van der Waals surface area (Å²) in [5.41, 5.74) is 4.70. The fraction of sp³-hybridized carbons (Fsp3) is 0.207. The van der Waals surface area contributed by atoms with E-state index < -0.39 is 5.41 Å². The Kier molecular flexibility index (Phi) is 7.26. The Morgan fingerprint density at radius 3 is 2.37 bits per heavy atom. The van der Waals surface area contributed by atoms with E-state index in [2.05, 4.69) is 36.6 Å². The normalized spacial score (nSPS) is 10.9. The summed E-state index contributed by atoms with van der Waals surface area (Å²) < 4.78 is 0. The number of hydrogen-bond donors (Lipinski definition) is 2. The van der Waals surface area contributed by atoms with Gasteiger partial charge in [0.25, 0.3) is 5.91 Å². The number of nitriles is 1. The number of benzene rings is 1. The van der Waals surface area contributed by atoms with E-state index in [-0.39, 0.29) is 11.8 Å². The average molecular weight is 506 g/mol. The van der Waals surface area contributed by atoms with Crippen LogP contribution in [0.3, 0.4) is 0 Å². The molecule has 0 bridgehead atoms. The molecule has 9 nitrogen and oxygen atoms in total. The lowest BCUT2D eigenvalue weighted by Crippen LogP contribution is -2.18. The largest absolute Gasteiger partial charge is 0.322 e. The third-order valence-electron chi connectivity index (χ3n) is 5.91. The molecule has 38 heavy (non-hydrogen) atoms. The van der Waals surface area contributed by atoms with Crippen LogP contribution in [-0.2, 0) is 10.2 Å². The van der Waals surface area contributed by atoms with Gasteiger partial charge in [0.2, 0.25) is 5.91 Å². The first-order chi connectivity index (χ1) is 18.1. The summed E-state index contributed by atoms with van der Waals surface area (Å²) in [6, 6.07) is 16.5. The molecule has 0 fully saturated rings. The van der Waals surface area contributed by atoms with Crippen molar-refractivity contribution in [1.29, 1.82) is 5.26 Å². The molecule has 1 aromatic carbocycles. The Labute approximate surface area is 221 Å². The van der Waals surface area contributed by atoms with Crippen molar-refractivity contribution < 1.29 is 9.59 Å². The van der Waals surface area contributed by atoms with Crippen LogP contribution in [0, 0.1) is 25.2 Å². The highest BCUT2D eigenvalue weighted by molar-refractivity contribution is 6.04. The molecule has 0 saturated heterocycles. The van der Waals surface area contributed by atoms with Crippen molar-refractivity contribution in [3.63, 3.8) is 0 Å². The number of pyridine rings is 2. The van der Waals surface area contributed by atoms with Gasteiger partial charge in [0.1, 0.15) is 11.6 Å². The summed E-state index contributed by atoms with van der Waals surface area (Å²) in [6.45, 7) is 8.73. The highest BCUT2D eigenvalue weighted by atomic mass is 16.2. The maximum absolute atomic E-state index is 13.0. The van der Waals surface area contributed by atoms with Gasteiger partial charge in [0, 0.05) is 41.7 Å². The molecule has 3 aromatic heterocycles. The number of nitrogens with one attached hydrogen (secondary N) is 2. The lowest BCUT2D eigenvalue weighted by Gasteiger charge is -2.15. The predicted molar refractivity (Wildman–Crippen MR) is 145 cm³/mol. The van der Waals surface area contributed by atoms with Crippen molar-refractivity contribution >= 4 is 23.3 Å². The number of aromatic nitrogens is 4. The van der Waals surface area contributed by atoms with E-state index in [0.717, 1.165) is 16.7 Å². The predicted octanol–water partition coefficient (Wildman–Crippen LogP) is 5.23. The fourth-order valence-corrected chi connectivity index (χ4v) is 3.84. The van der Waals surface area contributed by atoms with Gasteiger partial charge in [-0.05, 0) is 75.7 Å². The number of carbonyl (C=O) groups excluding carboxylic acids is 2. The summed E-state index contributed by atoms with van der Waals surface area (Å²) >= 11 is 0. The maximum atomic E-state index is 13.0. The van der Waals surface area contributed by atoms with E-state index in [9.17, 15) is 14.9 Å². The quantitative estimate of drug-likeness (QED) is 0.366. The smallest absolute Gasteiger partial charge is 0.255 e. The van der Waals surface area contributed by atoms with Crippen LogP contribution in [0.1, 0.15) is 48.2 Å². The summed E-state index contributed by atoms with van der Waals surface area (Å²) in [6.07, 6.45) is 3.15. The first-order valence-corrected chi connectivity index (χ1v) is 12.0. The molecule has 0 unspecified atom stereocenters. The topological polar surface area (TPSA) is 134 Å². The minimum atomic E-state index is -0.812. The van der Waals surface area contributed by atoms with Gasteiger partial charge in [-0.3, -0.25) is 14.6 Å². The van der Waals surface area contributed by atoms with Crippen molar-refractivity contribution in [2.24, 2.45) is 0 Å². The summed E-state index contributed by atoms with van der Waals surface area (Å²) in [5, 5.41) is 15.0. The van der Waals surface area contributed by atoms with Gasteiger partial charge in [-0.1, -0.05) is 6.07 Å². The van der Waals surface area contributed by atoms with E-state index >= 15 is 0 Å². The fourth-order valence-electron chi connectivity index (χ4n) is 3.84. The summed E-state index contributed by atoms with van der Waals surface area (Å²) in [5.74, 6) is 0.499. The number of anilines is 2. The molecular weight excluding hydrogens is 478 g/mol. The van der Waals surface area contributed by atoms with Crippen LogP contribution in [0.2, 0.25) is 0 Å². The Morgan fingerprint density at radius 1 is 0.895 bits per heavy atom. The van der Waals surface area contributed by atoms with Gasteiger partial charge in [-0.25, -0.2) is 15.0 Å². The molecule has 0 aliphatic rings. The van der Waals surface area contributed by atoms with Gasteiger partial charge in [-0.15, -0.1) is 0 Å². The second-order valence-corrected chi connectivity index (χ2v) is 9.45. The van der Waals surface area contributed by atoms with Crippen LogP contribution in [0.25, 0.3) is 22.5 Å². The molecule has 0 atom stereocenters. The van der Waals surface area contributed by atoms with Gasteiger partial charge >= 0.3 is 0 Å². The van der Waals surface area contributed by atoms with Crippen molar-refractivity contribution in [3.05, 3.63) is 83.6 Å². The third-order valence-corrected chi connectivity index (χ3v) is 5.91. The summed E-state index contributed by atoms with van der Waals surface area (Å²) in [7, 11) is 0. The molecule has 0 radical (unpaired) electrons. The third kappa shape index (κ3) is 5.87. The van der Waals surface area contributed by atoms with E-state index in [1.807, 2.05) is 44.2 Å². The minimum Gasteiger partial charge on any atom is -0.322 e. The standard InChI is InChI=1S/C29H27N7O2/c1-17-6-7-22(36-28(38)21-9-10-31-26(12-21)29(4,5)16-30)14-23(17)25-15-24(33-18(2)34-25)20-8-11-32-27(13-20)35-19(3)37/h6-15H,1-5H3,(H,36,38)(H,32,35,37). The molecule has 0 aliphatic carbocycles. The lowest BCUT2D eigenvalue weighted by molar-refractivity contribution is -0.114. The molecule has 0 aliphatic heterocycles. The average Bonchev–Trinajstić information content (AvgIpc) is 2.89. The molecule has 2 N–H and O–H groups in total. The second kappa shape index (κ2) is 10.6. The number of hydrogen-bond acceptors (Lipinski definition) is 7. The lowest BCUT2D eigenvalue weighted by atomic mass is 9.90. The minimum absolute atomic E-state index is 0.208. The molecule has 2 amide bonds. The van der Waals surface area contributed by atoms with Crippen molar-refractivity contribution in [2.45, 2.75) is 40.0 Å². The van der Waals surface area contributed by atoms with Crippen molar-refractivity contribution in [2.75, 3.05) is 10.6 Å². The van der Waals surface area contributed by atoms with Crippen LogP contribution in [-0.4, -0.2) is 31.8 Å². The molecule has 3 heterocycles. The van der Waals surface area contributed by atoms with Gasteiger partial charge in [-0.2, -0.15) is 5.26 Å². The zero-order valence-electron chi connectivity index (χ0n) is 21.8. The Hall–Kier alpha value is -4.97. The van der Waals surface area contributed by atoms with Crippen LogP contribution in [0.4, 0.5) is 11.5 Å². The highest BCUT2D eigenvalue weighted by Gasteiger charge is 2.22. The van der Waals surface area contributed by atoms with Gasteiger partial charge < -0.3 is 10.6 Å². The van der Waals surface area contributed by atoms with Crippen molar-refractivity contribution in [3.8, 4) is 28.6 Å². The maximum Gasteiger partial charge on any atom is 0.255 e. The van der Waals surface area contributed by atoms with Crippen LogP contribution in [0.15, 0.2) is 60.9 Å². The first-order valence-electron chi connectivity index (χ1n) is 12.0. The van der Waals surface area contributed by atoms with Gasteiger partial charge in [0.15, 0.2) is 0 Å². The SMILES string of the molecule is CC(=O)Nc1cc(-c2cc(-c3cc(NC(=O)c4ccnc(C(C)(C)C#N)c4)ccc3C)nc(C)n2)ccn1. The number of nitrogens with zero attached hydrogens (tertiary/aromatic N) is 5. The number of carbonyl (C=O) groups is 2. The molecule has 190 valence electrons. The molecule has 0 spiro atoms. The molecule has 9 heteroatoms. The Morgan fingerprint density at radius 2 is 1.63 bits per heavy atom. The summed E-state index contributed by atoms with van der Waals surface area (Å²) in [4.78, 5) is 42.1. The monoisotopic (exact) mass is 505 g/mol. The zero-order valence-corrected chi connectivity index (χ0v) is 21.8. The Bertz CT molecular complexity index is 1590. The van der Waals surface area contributed by atoms with Crippen LogP contribution < -0.4 is 10.6 Å². The zero-order chi connectivity index (χ0) is 27.4. The van der Waals surface area contributed by atoms with E-state index in [0.29, 0.717) is 40.0 Å². The second-order valence-electron chi connectivity index (χ2n) is 9.45. The number of aryl methyl sites for hydroxylation is 2. The van der Waals surface area contributed by atoms with Crippen LogP contribution in [0.5, 0.6) is 0 Å². The van der Waals surface area contributed by atoms with E-state index in [1.54, 1.807) is 38.2 Å². The molecule has 4 aromatic rings. The first kappa shape index (κ1) is 26.1. The van der Waals surface area contributed by atoms with E-state index in [1.165, 1.54) is 13.1 Å². The highest BCUT2D eigenvalue weighted by Crippen LogP contribution is 2.29. The number of rotatable bonds is 6. The molecular formula is C29H27N7O2. The number of amides is 2. The Balaban J connectivity index is 1.65.